The van der Waals surface area contributed by atoms with E-state index < -0.39 is 11.6 Å². The van der Waals surface area contributed by atoms with Crippen molar-refractivity contribution >= 4 is 28.7 Å². The van der Waals surface area contributed by atoms with Gasteiger partial charge < -0.3 is 14.4 Å². The van der Waals surface area contributed by atoms with E-state index in [4.69, 9.17) is 9.84 Å². The fourth-order valence-electron chi connectivity index (χ4n) is 6.16. The molecule has 1 amide bonds. The van der Waals surface area contributed by atoms with E-state index in [0.29, 0.717) is 18.3 Å². The Labute approximate surface area is 210 Å². The van der Waals surface area contributed by atoms with Gasteiger partial charge in [-0.2, -0.15) is 0 Å². The minimum absolute atomic E-state index is 0.210. The molecule has 1 N–H and O–H groups in total. The third-order valence-corrected chi connectivity index (χ3v) is 8.48. The summed E-state index contributed by atoms with van der Waals surface area (Å²) < 4.78 is 8.47. The molecular formula is C29H31N3O4. The van der Waals surface area contributed by atoms with E-state index in [1.807, 2.05) is 0 Å². The Morgan fingerprint density at radius 1 is 1.03 bits per heavy atom. The van der Waals surface area contributed by atoms with Crippen LogP contribution in [0, 0.1) is 0 Å². The molecule has 1 aromatic heterocycles. The van der Waals surface area contributed by atoms with Gasteiger partial charge >= 0.3 is 12.1 Å². The van der Waals surface area contributed by atoms with Crippen LogP contribution in [0.4, 0.5) is 10.5 Å². The molecule has 2 aliphatic carbocycles. The molecule has 2 saturated heterocycles. The van der Waals surface area contributed by atoms with Crippen molar-refractivity contribution < 1.29 is 19.4 Å². The van der Waals surface area contributed by atoms with E-state index in [1.54, 1.807) is 17.0 Å². The average Bonchev–Trinajstić information content (AvgIpc) is 3.82. The van der Waals surface area contributed by atoms with Gasteiger partial charge in [0.05, 0.1) is 12.1 Å². The highest BCUT2D eigenvalue weighted by molar-refractivity contribution is 5.92. The topological polar surface area (TPSA) is 75.0 Å². The van der Waals surface area contributed by atoms with Crippen LogP contribution >= 0.6 is 0 Å². The maximum atomic E-state index is 12.7. The number of carbonyl (C=O) groups is 2. The quantitative estimate of drug-likeness (QED) is 0.496. The molecule has 2 aliphatic heterocycles. The number of carboxylic acid groups (broad SMARTS) is 1. The summed E-state index contributed by atoms with van der Waals surface area (Å²) in [5.41, 5.74) is 4.80. The Balaban J connectivity index is 1.07. The van der Waals surface area contributed by atoms with Gasteiger partial charge in [0.25, 0.3) is 0 Å². The summed E-state index contributed by atoms with van der Waals surface area (Å²) >= 11 is 0. The standard InChI is InChI=1S/C29H31N3O4/c33-27(34)20-6-8-23(9-7-20)32-18-29(36-28(32)35)12-14-30(15-13-29)16-21-17-31(22-10-11-22)25-3-1-2-24(26(21)25)19-4-5-19/h1-3,6-9,17,19,22H,4-5,10-16,18H2,(H,33,34). The van der Waals surface area contributed by atoms with Gasteiger partial charge in [0.1, 0.15) is 5.60 Å². The van der Waals surface area contributed by atoms with Crippen LogP contribution in [0.1, 0.15) is 72.0 Å². The van der Waals surface area contributed by atoms with Crippen LogP contribution in [-0.4, -0.2) is 51.9 Å². The van der Waals surface area contributed by atoms with Gasteiger partial charge in [-0.1, -0.05) is 12.1 Å². The number of nitrogens with zero attached hydrogens (tertiary/aromatic N) is 3. The Morgan fingerprint density at radius 3 is 2.44 bits per heavy atom. The van der Waals surface area contributed by atoms with E-state index in [1.165, 1.54) is 59.8 Å². The smallest absolute Gasteiger partial charge is 0.415 e. The SMILES string of the molecule is O=C(O)c1ccc(N2CC3(CCN(Cc4cn(C5CC5)c5cccc(C6CC6)c45)CC3)OC2=O)cc1. The van der Waals surface area contributed by atoms with Crippen LogP contribution in [0.5, 0.6) is 0 Å². The number of hydrogen-bond donors (Lipinski definition) is 1. The molecule has 186 valence electrons. The van der Waals surface area contributed by atoms with E-state index in [2.05, 4.69) is 33.9 Å². The summed E-state index contributed by atoms with van der Waals surface area (Å²) in [5, 5.41) is 10.6. The second-order valence-corrected chi connectivity index (χ2v) is 11.1. The van der Waals surface area contributed by atoms with Gasteiger partial charge in [-0.05, 0) is 73.1 Å². The van der Waals surface area contributed by atoms with E-state index in [-0.39, 0.29) is 11.7 Å². The summed E-state index contributed by atoms with van der Waals surface area (Å²) in [7, 11) is 0. The van der Waals surface area contributed by atoms with Crippen LogP contribution in [-0.2, 0) is 11.3 Å². The Bertz CT molecular complexity index is 1340. The van der Waals surface area contributed by atoms with Gasteiger partial charge in [-0.3, -0.25) is 9.80 Å². The predicted molar refractivity (Wildman–Crippen MR) is 137 cm³/mol. The lowest BCUT2D eigenvalue weighted by Gasteiger charge is -2.37. The molecule has 4 fully saturated rings. The highest BCUT2D eigenvalue weighted by Gasteiger charge is 2.47. The van der Waals surface area contributed by atoms with Crippen LogP contribution in [0.3, 0.4) is 0 Å². The number of anilines is 1. The van der Waals surface area contributed by atoms with Crippen molar-refractivity contribution in [3.63, 3.8) is 0 Å². The number of fused-ring (bicyclic) bond motifs is 1. The third kappa shape index (κ3) is 3.77. The molecule has 4 aliphatic rings. The molecule has 1 spiro atoms. The summed E-state index contributed by atoms with van der Waals surface area (Å²) in [5.74, 6) is -0.250. The zero-order valence-corrected chi connectivity index (χ0v) is 20.4. The minimum Gasteiger partial charge on any atom is -0.478 e. The predicted octanol–water partition coefficient (Wildman–Crippen LogP) is 5.54. The summed E-state index contributed by atoms with van der Waals surface area (Å²) in [4.78, 5) is 28.1. The zero-order chi connectivity index (χ0) is 24.4. The number of aromatic carboxylic acids is 1. The number of rotatable bonds is 6. The summed E-state index contributed by atoms with van der Waals surface area (Å²) in [6.07, 6.45) is 8.86. The van der Waals surface area contributed by atoms with E-state index in [9.17, 15) is 9.59 Å². The molecule has 7 rings (SSSR count). The summed E-state index contributed by atoms with van der Waals surface area (Å²) in [6, 6.07) is 14.0. The molecule has 3 heterocycles. The first-order valence-electron chi connectivity index (χ1n) is 13.2. The van der Waals surface area contributed by atoms with Crippen LogP contribution in [0.15, 0.2) is 48.7 Å². The average molecular weight is 486 g/mol. The summed E-state index contributed by atoms with van der Waals surface area (Å²) in [6.45, 7) is 3.23. The number of aromatic nitrogens is 1. The first-order chi connectivity index (χ1) is 17.5. The maximum absolute atomic E-state index is 12.7. The fourth-order valence-corrected chi connectivity index (χ4v) is 6.16. The molecule has 2 aromatic carbocycles. The van der Waals surface area contributed by atoms with Crippen molar-refractivity contribution in [2.45, 2.75) is 62.6 Å². The van der Waals surface area contributed by atoms with E-state index >= 15 is 0 Å². The van der Waals surface area contributed by atoms with Gasteiger partial charge in [-0.15, -0.1) is 0 Å². The monoisotopic (exact) mass is 485 g/mol. The Hall–Kier alpha value is -3.32. The lowest BCUT2D eigenvalue weighted by atomic mass is 9.91. The maximum Gasteiger partial charge on any atom is 0.415 e. The van der Waals surface area contributed by atoms with Gasteiger partial charge in [0, 0.05) is 61.3 Å². The minimum atomic E-state index is -0.973. The third-order valence-electron chi connectivity index (χ3n) is 8.48. The van der Waals surface area contributed by atoms with Gasteiger partial charge in [0.15, 0.2) is 0 Å². The molecule has 36 heavy (non-hydrogen) atoms. The lowest BCUT2D eigenvalue weighted by molar-refractivity contribution is -0.000899. The van der Waals surface area contributed by atoms with Crippen molar-refractivity contribution in [2.75, 3.05) is 24.5 Å². The molecule has 0 unspecified atom stereocenters. The highest BCUT2D eigenvalue weighted by atomic mass is 16.6. The van der Waals surface area contributed by atoms with Crippen LogP contribution in [0.25, 0.3) is 10.9 Å². The molecule has 0 atom stereocenters. The number of hydrogen-bond acceptors (Lipinski definition) is 4. The normalized spacial score (nSPS) is 21.9. The number of benzene rings is 2. The molecule has 7 nitrogen and oxygen atoms in total. The number of piperidine rings is 1. The molecular weight excluding hydrogens is 454 g/mol. The van der Waals surface area contributed by atoms with Crippen molar-refractivity contribution in [1.82, 2.24) is 9.47 Å². The van der Waals surface area contributed by atoms with Crippen molar-refractivity contribution in [3.05, 3.63) is 65.4 Å². The fraction of sp³-hybridized carbons (Fsp3) is 0.448. The molecule has 2 saturated carbocycles. The first kappa shape index (κ1) is 21.9. The Kier molecular flexibility index (Phi) is 4.93. The second kappa shape index (κ2) is 8.10. The molecule has 0 bridgehead atoms. The second-order valence-electron chi connectivity index (χ2n) is 11.1. The van der Waals surface area contributed by atoms with Crippen molar-refractivity contribution in [2.24, 2.45) is 0 Å². The van der Waals surface area contributed by atoms with Crippen molar-refractivity contribution in [3.8, 4) is 0 Å². The van der Waals surface area contributed by atoms with E-state index in [0.717, 1.165) is 38.4 Å². The largest absolute Gasteiger partial charge is 0.478 e. The molecule has 7 heteroatoms. The lowest BCUT2D eigenvalue weighted by Crippen LogP contribution is -2.46. The number of likely N-dealkylation sites (tertiary alicyclic amines) is 1. The Morgan fingerprint density at radius 2 is 1.78 bits per heavy atom. The molecule has 0 radical (unpaired) electrons. The first-order valence-corrected chi connectivity index (χ1v) is 13.2. The zero-order valence-electron chi connectivity index (χ0n) is 20.4. The highest BCUT2D eigenvalue weighted by Crippen LogP contribution is 2.47. The van der Waals surface area contributed by atoms with Crippen LogP contribution < -0.4 is 4.90 Å². The van der Waals surface area contributed by atoms with Gasteiger partial charge in [-0.25, -0.2) is 9.59 Å². The molecule has 3 aromatic rings. The number of carboxylic acids is 1. The van der Waals surface area contributed by atoms with Crippen LogP contribution in [0.2, 0.25) is 0 Å². The number of amides is 1. The van der Waals surface area contributed by atoms with Crippen molar-refractivity contribution in [1.29, 1.82) is 0 Å². The number of ether oxygens (including phenoxy) is 1. The number of carbonyl (C=O) groups excluding carboxylic acids is 1. The van der Waals surface area contributed by atoms with Gasteiger partial charge in [0.2, 0.25) is 0 Å².